The fourth-order valence-corrected chi connectivity index (χ4v) is 3.38. The quantitative estimate of drug-likeness (QED) is 0.746. The van der Waals surface area contributed by atoms with Gasteiger partial charge in [-0.3, -0.25) is 9.59 Å². The fourth-order valence-electron chi connectivity index (χ4n) is 3.02. The van der Waals surface area contributed by atoms with Gasteiger partial charge in [0.15, 0.2) is 0 Å². The number of anilines is 2. The zero-order valence-electron chi connectivity index (χ0n) is 13.7. The molecule has 24 heavy (non-hydrogen) atoms. The van der Waals surface area contributed by atoms with Crippen molar-refractivity contribution in [1.29, 1.82) is 0 Å². The topological polar surface area (TPSA) is 49.4 Å². The average molecular weight is 434 g/mol. The van der Waals surface area contributed by atoms with Crippen molar-refractivity contribution in [2.24, 2.45) is 5.92 Å². The summed E-state index contributed by atoms with van der Waals surface area (Å²) in [5.74, 6) is -0.420. The maximum Gasteiger partial charge on any atom is 0.229 e. The van der Waals surface area contributed by atoms with Gasteiger partial charge in [-0.25, -0.2) is 0 Å². The lowest BCUT2D eigenvalue weighted by molar-refractivity contribution is -0.122. The molecule has 0 aromatic heterocycles. The number of halogens is 1. The maximum absolute atomic E-state index is 12.5. The SMILES string of the molecule is Cc1cc(C)cc(N2C[C@H](C(=O)Nc3ccc(I)cc3)CC2=O)c1. The molecule has 0 bridgehead atoms. The largest absolute Gasteiger partial charge is 0.326 e. The molecule has 1 aliphatic heterocycles. The molecule has 0 radical (unpaired) electrons. The van der Waals surface area contributed by atoms with Crippen molar-refractivity contribution in [2.45, 2.75) is 20.3 Å². The summed E-state index contributed by atoms with van der Waals surface area (Å²) in [7, 11) is 0. The standard InChI is InChI=1S/C19H19IN2O2/c1-12-7-13(2)9-17(8-12)22-11-14(10-18(22)23)19(24)21-16-5-3-15(20)4-6-16/h3-9,14H,10-11H2,1-2H3,(H,21,24)/t14-/m1/s1. The van der Waals surface area contributed by atoms with E-state index in [2.05, 4.69) is 34.0 Å². The van der Waals surface area contributed by atoms with Crippen LogP contribution in [0.2, 0.25) is 0 Å². The smallest absolute Gasteiger partial charge is 0.229 e. The van der Waals surface area contributed by atoms with Crippen molar-refractivity contribution in [2.75, 3.05) is 16.8 Å². The second-order valence-corrected chi connectivity index (χ2v) is 7.49. The molecule has 1 aliphatic rings. The summed E-state index contributed by atoms with van der Waals surface area (Å²) in [6.07, 6.45) is 0.253. The zero-order chi connectivity index (χ0) is 17.3. The van der Waals surface area contributed by atoms with Gasteiger partial charge in [0.05, 0.1) is 5.92 Å². The second kappa shape index (κ2) is 6.93. The van der Waals surface area contributed by atoms with E-state index in [0.717, 1.165) is 26.1 Å². The van der Waals surface area contributed by atoms with E-state index in [1.807, 2.05) is 50.2 Å². The van der Waals surface area contributed by atoms with Crippen LogP contribution in [0.15, 0.2) is 42.5 Å². The van der Waals surface area contributed by atoms with E-state index in [1.54, 1.807) is 4.90 Å². The molecule has 0 unspecified atom stereocenters. The van der Waals surface area contributed by atoms with Gasteiger partial charge in [0, 0.05) is 27.9 Å². The van der Waals surface area contributed by atoms with E-state index >= 15 is 0 Å². The Balaban J connectivity index is 1.71. The Morgan fingerprint density at radius 3 is 2.38 bits per heavy atom. The second-order valence-electron chi connectivity index (χ2n) is 6.25. The van der Waals surface area contributed by atoms with Crippen LogP contribution in [0, 0.1) is 23.3 Å². The third-order valence-corrected chi connectivity index (χ3v) is 4.84. The van der Waals surface area contributed by atoms with Crippen LogP contribution >= 0.6 is 22.6 Å². The molecule has 5 heteroatoms. The van der Waals surface area contributed by atoms with Gasteiger partial charge in [-0.2, -0.15) is 0 Å². The molecule has 1 N–H and O–H groups in total. The van der Waals surface area contributed by atoms with E-state index in [1.165, 1.54) is 0 Å². The third-order valence-electron chi connectivity index (χ3n) is 4.13. The molecule has 3 rings (SSSR count). The zero-order valence-corrected chi connectivity index (χ0v) is 15.8. The molecule has 0 spiro atoms. The lowest BCUT2D eigenvalue weighted by atomic mass is 10.1. The predicted molar refractivity (Wildman–Crippen MR) is 104 cm³/mol. The van der Waals surface area contributed by atoms with E-state index in [9.17, 15) is 9.59 Å². The number of nitrogens with one attached hydrogen (secondary N) is 1. The molecule has 0 saturated carbocycles. The van der Waals surface area contributed by atoms with Gasteiger partial charge >= 0.3 is 0 Å². The Morgan fingerprint density at radius 1 is 1.12 bits per heavy atom. The summed E-state index contributed by atoms with van der Waals surface area (Å²) in [6.45, 7) is 4.45. The maximum atomic E-state index is 12.5. The minimum absolute atomic E-state index is 0.00256. The molecule has 2 aromatic carbocycles. The molecule has 1 heterocycles. The number of benzene rings is 2. The molecule has 1 saturated heterocycles. The van der Waals surface area contributed by atoms with Crippen molar-refractivity contribution >= 4 is 45.8 Å². The van der Waals surface area contributed by atoms with Crippen LogP contribution in [0.1, 0.15) is 17.5 Å². The summed E-state index contributed by atoms with van der Waals surface area (Å²) >= 11 is 2.22. The van der Waals surface area contributed by atoms with Crippen molar-refractivity contribution in [1.82, 2.24) is 0 Å². The van der Waals surface area contributed by atoms with Crippen molar-refractivity contribution in [3.05, 3.63) is 57.2 Å². The van der Waals surface area contributed by atoms with E-state index in [-0.39, 0.29) is 24.2 Å². The molecular weight excluding hydrogens is 415 g/mol. The molecule has 2 amide bonds. The van der Waals surface area contributed by atoms with E-state index in [0.29, 0.717) is 6.54 Å². The molecule has 1 atom stereocenters. The van der Waals surface area contributed by atoms with Gasteiger partial charge in [-0.05, 0) is 84.0 Å². The van der Waals surface area contributed by atoms with Crippen LogP contribution < -0.4 is 10.2 Å². The lowest BCUT2D eigenvalue weighted by Crippen LogP contribution is -2.28. The number of hydrogen-bond donors (Lipinski definition) is 1. The predicted octanol–water partition coefficient (Wildman–Crippen LogP) is 3.90. The minimum Gasteiger partial charge on any atom is -0.326 e. The molecule has 0 aliphatic carbocycles. The first kappa shape index (κ1) is 17.0. The lowest BCUT2D eigenvalue weighted by Gasteiger charge is -2.18. The van der Waals surface area contributed by atoms with Crippen LogP contribution in [0.5, 0.6) is 0 Å². The van der Waals surface area contributed by atoms with Crippen molar-refractivity contribution < 1.29 is 9.59 Å². The van der Waals surface area contributed by atoms with Gasteiger partial charge in [-0.15, -0.1) is 0 Å². The number of amides is 2. The number of carbonyl (C=O) groups excluding carboxylic acids is 2. The summed E-state index contributed by atoms with van der Waals surface area (Å²) in [5, 5.41) is 2.91. The third kappa shape index (κ3) is 3.77. The number of hydrogen-bond acceptors (Lipinski definition) is 2. The highest BCUT2D eigenvalue weighted by molar-refractivity contribution is 14.1. The van der Waals surface area contributed by atoms with Crippen LogP contribution in [-0.4, -0.2) is 18.4 Å². The molecular formula is C19H19IN2O2. The molecule has 4 nitrogen and oxygen atoms in total. The van der Waals surface area contributed by atoms with Crippen molar-refractivity contribution in [3.8, 4) is 0 Å². The highest BCUT2D eigenvalue weighted by atomic mass is 127. The first-order valence-corrected chi connectivity index (χ1v) is 8.95. The summed E-state index contributed by atoms with van der Waals surface area (Å²) < 4.78 is 1.11. The number of rotatable bonds is 3. The first-order chi connectivity index (χ1) is 11.4. The Hall–Kier alpha value is -1.89. The Morgan fingerprint density at radius 2 is 1.75 bits per heavy atom. The number of aryl methyl sites for hydroxylation is 2. The van der Waals surface area contributed by atoms with Crippen LogP contribution in [-0.2, 0) is 9.59 Å². The fraction of sp³-hybridized carbons (Fsp3) is 0.263. The van der Waals surface area contributed by atoms with E-state index < -0.39 is 0 Å². The van der Waals surface area contributed by atoms with Gasteiger partial charge in [0.25, 0.3) is 0 Å². The monoisotopic (exact) mass is 434 g/mol. The van der Waals surface area contributed by atoms with Crippen LogP contribution in [0.4, 0.5) is 11.4 Å². The van der Waals surface area contributed by atoms with Crippen molar-refractivity contribution in [3.63, 3.8) is 0 Å². The summed E-state index contributed by atoms with van der Waals surface area (Å²) in [5.41, 5.74) is 3.87. The number of carbonyl (C=O) groups is 2. The highest BCUT2D eigenvalue weighted by Gasteiger charge is 2.35. The summed E-state index contributed by atoms with van der Waals surface area (Å²) in [6, 6.07) is 13.7. The van der Waals surface area contributed by atoms with E-state index in [4.69, 9.17) is 0 Å². The van der Waals surface area contributed by atoms with Crippen LogP contribution in [0.25, 0.3) is 0 Å². The Labute approximate surface area is 155 Å². The summed E-state index contributed by atoms with van der Waals surface area (Å²) in [4.78, 5) is 26.5. The molecule has 2 aromatic rings. The minimum atomic E-state index is -0.322. The highest BCUT2D eigenvalue weighted by Crippen LogP contribution is 2.27. The van der Waals surface area contributed by atoms with Crippen LogP contribution in [0.3, 0.4) is 0 Å². The average Bonchev–Trinajstić information content (AvgIpc) is 2.91. The van der Waals surface area contributed by atoms with Gasteiger partial charge < -0.3 is 10.2 Å². The van der Waals surface area contributed by atoms with Gasteiger partial charge in [0.1, 0.15) is 0 Å². The first-order valence-electron chi connectivity index (χ1n) is 7.87. The molecule has 1 fully saturated rings. The Kier molecular flexibility index (Phi) is 4.89. The molecule has 124 valence electrons. The Bertz CT molecular complexity index is 766. The number of nitrogens with zero attached hydrogens (tertiary/aromatic N) is 1. The van der Waals surface area contributed by atoms with Gasteiger partial charge in [-0.1, -0.05) is 6.07 Å². The normalized spacial score (nSPS) is 17.2. The van der Waals surface area contributed by atoms with Gasteiger partial charge in [0.2, 0.25) is 11.8 Å².